The highest BCUT2D eigenvalue weighted by Crippen LogP contribution is 2.39. The van der Waals surface area contributed by atoms with Crippen LogP contribution in [0, 0.1) is 0 Å². The monoisotopic (exact) mass is 232 g/mol. The van der Waals surface area contributed by atoms with Crippen molar-refractivity contribution in [2.45, 2.75) is 37.5 Å². The number of hydrogen-bond acceptors (Lipinski definition) is 2. The Balaban J connectivity index is 2.33. The largest absolute Gasteiger partial charge is 0.378 e. The van der Waals surface area contributed by atoms with E-state index in [0.29, 0.717) is 0 Å². The maximum atomic E-state index is 6.08. The van der Waals surface area contributed by atoms with Crippen LogP contribution in [0.5, 0.6) is 0 Å². The molecule has 0 aromatic heterocycles. The van der Waals surface area contributed by atoms with Crippen molar-refractivity contribution in [1.29, 1.82) is 0 Å². The molecule has 1 aromatic carbocycles. The van der Waals surface area contributed by atoms with Crippen molar-refractivity contribution in [2.75, 3.05) is 25.5 Å². The molecule has 1 aliphatic carbocycles. The zero-order chi connectivity index (χ0) is 12.3. The second-order valence-corrected chi connectivity index (χ2v) is 5.49. The van der Waals surface area contributed by atoms with E-state index in [1.807, 2.05) is 0 Å². The molecule has 0 saturated heterocycles. The summed E-state index contributed by atoms with van der Waals surface area (Å²) in [6.07, 6.45) is 6.52. The number of nitrogens with two attached hydrogens (primary N) is 1. The summed E-state index contributed by atoms with van der Waals surface area (Å²) in [5.74, 6) is 0. The fourth-order valence-corrected chi connectivity index (χ4v) is 2.95. The quantitative estimate of drug-likeness (QED) is 0.868. The molecule has 0 unspecified atom stereocenters. The van der Waals surface area contributed by atoms with Crippen LogP contribution in [0.3, 0.4) is 0 Å². The maximum absolute atomic E-state index is 6.08. The Morgan fingerprint density at radius 1 is 1.18 bits per heavy atom. The standard InChI is InChI=1S/C15H24N2/c1-17(2)14-8-6-7-13(11-14)15(12-16)9-4-3-5-10-15/h6-8,11H,3-5,9-10,12,16H2,1-2H3. The highest BCUT2D eigenvalue weighted by atomic mass is 15.1. The van der Waals surface area contributed by atoms with Crippen molar-refractivity contribution < 1.29 is 0 Å². The molecule has 0 heterocycles. The smallest absolute Gasteiger partial charge is 0.0363 e. The second kappa shape index (κ2) is 5.09. The van der Waals surface area contributed by atoms with Gasteiger partial charge in [0, 0.05) is 31.7 Å². The van der Waals surface area contributed by atoms with Gasteiger partial charge in [-0.25, -0.2) is 0 Å². The molecule has 1 saturated carbocycles. The van der Waals surface area contributed by atoms with Crippen molar-refractivity contribution in [3.63, 3.8) is 0 Å². The molecule has 0 atom stereocenters. The minimum atomic E-state index is 0.240. The van der Waals surface area contributed by atoms with Gasteiger partial charge in [0.1, 0.15) is 0 Å². The van der Waals surface area contributed by atoms with Crippen LogP contribution in [0.25, 0.3) is 0 Å². The molecule has 17 heavy (non-hydrogen) atoms. The number of rotatable bonds is 3. The first-order valence-corrected chi connectivity index (χ1v) is 6.66. The van der Waals surface area contributed by atoms with Crippen LogP contribution in [0.15, 0.2) is 24.3 Å². The van der Waals surface area contributed by atoms with Crippen LogP contribution >= 0.6 is 0 Å². The third kappa shape index (κ3) is 2.47. The van der Waals surface area contributed by atoms with Gasteiger partial charge in [0.15, 0.2) is 0 Å². The normalized spacial score (nSPS) is 19.0. The van der Waals surface area contributed by atoms with Gasteiger partial charge in [0.2, 0.25) is 0 Å². The lowest BCUT2D eigenvalue weighted by Gasteiger charge is -2.37. The SMILES string of the molecule is CN(C)c1cccc(C2(CN)CCCCC2)c1. The summed E-state index contributed by atoms with van der Waals surface area (Å²) in [6, 6.07) is 8.90. The first-order chi connectivity index (χ1) is 8.18. The summed E-state index contributed by atoms with van der Waals surface area (Å²) in [6.45, 7) is 0.782. The van der Waals surface area contributed by atoms with Gasteiger partial charge in [0.05, 0.1) is 0 Å². The zero-order valence-electron chi connectivity index (χ0n) is 11.1. The van der Waals surface area contributed by atoms with E-state index < -0.39 is 0 Å². The Hall–Kier alpha value is -1.02. The first kappa shape index (κ1) is 12.4. The summed E-state index contributed by atoms with van der Waals surface area (Å²) in [4.78, 5) is 2.16. The molecule has 2 N–H and O–H groups in total. The van der Waals surface area contributed by atoms with E-state index in [-0.39, 0.29) is 5.41 Å². The lowest BCUT2D eigenvalue weighted by molar-refractivity contribution is 0.301. The minimum absolute atomic E-state index is 0.240. The third-order valence-corrected chi connectivity index (χ3v) is 4.18. The van der Waals surface area contributed by atoms with Crippen LogP contribution in [0.4, 0.5) is 5.69 Å². The van der Waals surface area contributed by atoms with E-state index in [2.05, 4.69) is 43.3 Å². The number of hydrogen-bond donors (Lipinski definition) is 1. The summed E-state index contributed by atoms with van der Waals surface area (Å²) in [5.41, 5.74) is 9.04. The lowest BCUT2D eigenvalue weighted by Crippen LogP contribution is -2.37. The Morgan fingerprint density at radius 2 is 1.88 bits per heavy atom. The molecular weight excluding hydrogens is 208 g/mol. The van der Waals surface area contributed by atoms with E-state index in [9.17, 15) is 0 Å². The fourth-order valence-electron chi connectivity index (χ4n) is 2.95. The maximum Gasteiger partial charge on any atom is 0.0363 e. The van der Waals surface area contributed by atoms with E-state index >= 15 is 0 Å². The van der Waals surface area contributed by atoms with Crippen molar-refractivity contribution in [2.24, 2.45) is 5.73 Å². The fraction of sp³-hybridized carbons (Fsp3) is 0.600. The first-order valence-electron chi connectivity index (χ1n) is 6.66. The summed E-state index contributed by atoms with van der Waals surface area (Å²) in [5, 5.41) is 0. The van der Waals surface area contributed by atoms with Gasteiger partial charge in [-0.2, -0.15) is 0 Å². The number of nitrogens with zero attached hydrogens (tertiary/aromatic N) is 1. The molecule has 2 heteroatoms. The van der Waals surface area contributed by atoms with E-state index in [0.717, 1.165) is 6.54 Å². The second-order valence-electron chi connectivity index (χ2n) is 5.49. The predicted molar refractivity (Wildman–Crippen MR) is 74.6 cm³/mol. The molecule has 2 rings (SSSR count). The molecule has 94 valence electrons. The van der Waals surface area contributed by atoms with E-state index in [1.165, 1.54) is 43.4 Å². The zero-order valence-corrected chi connectivity index (χ0v) is 11.1. The van der Waals surface area contributed by atoms with Gasteiger partial charge in [-0.05, 0) is 30.5 Å². The van der Waals surface area contributed by atoms with Crippen molar-refractivity contribution in [3.8, 4) is 0 Å². The van der Waals surface area contributed by atoms with Crippen molar-refractivity contribution >= 4 is 5.69 Å². The van der Waals surface area contributed by atoms with Gasteiger partial charge in [-0.15, -0.1) is 0 Å². The van der Waals surface area contributed by atoms with E-state index in [4.69, 9.17) is 5.73 Å². The van der Waals surface area contributed by atoms with Crippen LogP contribution in [0.2, 0.25) is 0 Å². The molecule has 1 fully saturated rings. The molecule has 0 aliphatic heterocycles. The van der Waals surface area contributed by atoms with Crippen LogP contribution in [-0.2, 0) is 5.41 Å². The molecule has 0 amide bonds. The molecule has 2 nitrogen and oxygen atoms in total. The van der Waals surface area contributed by atoms with Crippen molar-refractivity contribution in [1.82, 2.24) is 0 Å². The van der Waals surface area contributed by atoms with Gasteiger partial charge in [0.25, 0.3) is 0 Å². The Kier molecular flexibility index (Phi) is 3.72. The predicted octanol–water partition coefficient (Wildman–Crippen LogP) is 2.91. The number of benzene rings is 1. The highest BCUT2D eigenvalue weighted by Gasteiger charge is 2.32. The minimum Gasteiger partial charge on any atom is -0.378 e. The average Bonchev–Trinajstić information content (AvgIpc) is 2.39. The molecule has 1 aliphatic rings. The van der Waals surface area contributed by atoms with Crippen LogP contribution in [0.1, 0.15) is 37.7 Å². The average molecular weight is 232 g/mol. The van der Waals surface area contributed by atoms with Crippen LogP contribution in [-0.4, -0.2) is 20.6 Å². The number of anilines is 1. The molecule has 1 aromatic rings. The molecular formula is C15H24N2. The van der Waals surface area contributed by atoms with Gasteiger partial charge in [-0.1, -0.05) is 31.4 Å². The Morgan fingerprint density at radius 3 is 2.47 bits per heavy atom. The van der Waals surface area contributed by atoms with Crippen LogP contribution < -0.4 is 10.6 Å². The Labute approximate surface area is 105 Å². The molecule has 0 spiro atoms. The van der Waals surface area contributed by atoms with Gasteiger partial charge >= 0.3 is 0 Å². The van der Waals surface area contributed by atoms with Crippen molar-refractivity contribution in [3.05, 3.63) is 29.8 Å². The summed E-state index contributed by atoms with van der Waals surface area (Å²) < 4.78 is 0. The van der Waals surface area contributed by atoms with Gasteiger partial charge in [-0.3, -0.25) is 0 Å². The molecule has 0 bridgehead atoms. The van der Waals surface area contributed by atoms with Gasteiger partial charge < -0.3 is 10.6 Å². The Bertz CT molecular complexity index is 365. The molecule has 0 radical (unpaired) electrons. The highest BCUT2D eigenvalue weighted by molar-refractivity contribution is 5.49. The topological polar surface area (TPSA) is 29.3 Å². The van der Waals surface area contributed by atoms with E-state index in [1.54, 1.807) is 0 Å². The lowest BCUT2D eigenvalue weighted by atomic mass is 9.69. The third-order valence-electron chi connectivity index (χ3n) is 4.18. The summed E-state index contributed by atoms with van der Waals surface area (Å²) >= 11 is 0. The summed E-state index contributed by atoms with van der Waals surface area (Å²) in [7, 11) is 4.18.